The molecule has 1 saturated heterocycles. The average molecular weight is 361 g/mol. The zero-order chi connectivity index (χ0) is 19.3. The molecular formula is C19H23NO6. The summed E-state index contributed by atoms with van der Waals surface area (Å²) in [4.78, 5) is 36.9. The summed E-state index contributed by atoms with van der Waals surface area (Å²) in [6.07, 6.45) is 2.64. The maximum absolute atomic E-state index is 13.0. The lowest BCUT2D eigenvalue weighted by Crippen LogP contribution is -2.38. The number of amides is 1. The van der Waals surface area contributed by atoms with E-state index in [0.29, 0.717) is 24.3 Å². The number of allylic oxidation sites excluding steroid dienone is 1. The molecule has 1 atom stereocenters. The molecule has 1 fully saturated rings. The van der Waals surface area contributed by atoms with Crippen LogP contribution in [0, 0.1) is 0 Å². The second-order valence-electron chi connectivity index (χ2n) is 6.00. The standard InChI is InChI=1S/C19H23NO6/c1-5-14-8-16(11-25-12(2)21)20(10-14)19(23)15-6-7-17(26-13(3)22)18(9-15)24-4/h5-7,9,16H,8,10-11H2,1-4H3/b14-5+. The Morgan fingerprint density at radius 3 is 2.50 bits per heavy atom. The van der Waals surface area contributed by atoms with Crippen molar-refractivity contribution in [1.82, 2.24) is 4.90 Å². The van der Waals surface area contributed by atoms with Crippen LogP contribution in [0.4, 0.5) is 0 Å². The first kappa shape index (κ1) is 19.5. The van der Waals surface area contributed by atoms with Gasteiger partial charge in [-0.3, -0.25) is 14.4 Å². The molecule has 140 valence electrons. The van der Waals surface area contributed by atoms with E-state index in [4.69, 9.17) is 14.2 Å². The van der Waals surface area contributed by atoms with Crippen LogP contribution in [-0.4, -0.2) is 49.0 Å². The third-order valence-electron chi connectivity index (χ3n) is 4.12. The average Bonchev–Trinajstić information content (AvgIpc) is 3.02. The van der Waals surface area contributed by atoms with E-state index in [-0.39, 0.29) is 30.3 Å². The van der Waals surface area contributed by atoms with Crippen LogP contribution in [0.5, 0.6) is 11.5 Å². The lowest BCUT2D eigenvalue weighted by Gasteiger charge is -2.24. The molecule has 2 rings (SSSR count). The van der Waals surface area contributed by atoms with Crippen LogP contribution < -0.4 is 9.47 Å². The van der Waals surface area contributed by atoms with E-state index in [0.717, 1.165) is 5.57 Å². The highest BCUT2D eigenvalue weighted by Crippen LogP contribution is 2.31. The van der Waals surface area contributed by atoms with Crippen molar-refractivity contribution in [3.63, 3.8) is 0 Å². The minimum atomic E-state index is -0.471. The van der Waals surface area contributed by atoms with E-state index in [9.17, 15) is 14.4 Å². The molecule has 1 aliphatic heterocycles. The molecule has 0 spiro atoms. The fourth-order valence-electron chi connectivity index (χ4n) is 2.84. The number of rotatable bonds is 5. The monoisotopic (exact) mass is 361 g/mol. The van der Waals surface area contributed by atoms with Gasteiger partial charge in [0.25, 0.3) is 5.91 Å². The Bertz CT molecular complexity index is 740. The summed E-state index contributed by atoms with van der Waals surface area (Å²) in [5.41, 5.74) is 1.52. The predicted octanol–water partition coefficient (Wildman–Crippen LogP) is 2.34. The Hall–Kier alpha value is -2.83. The van der Waals surface area contributed by atoms with Crippen molar-refractivity contribution in [2.45, 2.75) is 33.2 Å². The molecule has 1 amide bonds. The summed E-state index contributed by atoms with van der Waals surface area (Å²) >= 11 is 0. The topological polar surface area (TPSA) is 82.1 Å². The van der Waals surface area contributed by atoms with Crippen molar-refractivity contribution in [2.75, 3.05) is 20.3 Å². The van der Waals surface area contributed by atoms with Gasteiger partial charge in [-0.05, 0) is 31.5 Å². The summed E-state index contributed by atoms with van der Waals surface area (Å²) < 4.78 is 15.4. The largest absolute Gasteiger partial charge is 0.493 e. The second-order valence-corrected chi connectivity index (χ2v) is 6.00. The smallest absolute Gasteiger partial charge is 0.308 e. The Kier molecular flexibility index (Phi) is 6.38. The number of carbonyl (C=O) groups excluding carboxylic acids is 3. The van der Waals surface area contributed by atoms with Gasteiger partial charge in [-0.25, -0.2) is 0 Å². The van der Waals surface area contributed by atoms with Gasteiger partial charge in [0.05, 0.1) is 13.2 Å². The molecule has 0 aliphatic carbocycles. The van der Waals surface area contributed by atoms with Gasteiger partial charge in [0, 0.05) is 26.0 Å². The lowest BCUT2D eigenvalue weighted by atomic mass is 10.1. The zero-order valence-corrected chi connectivity index (χ0v) is 15.4. The third-order valence-corrected chi connectivity index (χ3v) is 4.12. The molecular weight excluding hydrogens is 338 g/mol. The van der Waals surface area contributed by atoms with E-state index < -0.39 is 5.97 Å². The maximum Gasteiger partial charge on any atom is 0.308 e. The number of likely N-dealkylation sites (tertiary alicyclic amines) is 1. The summed E-state index contributed by atoms with van der Waals surface area (Å²) in [5, 5.41) is 0. The molecule has 1 aromatic carbocycles. The van der Waals surface area contributed by atoms with Gasteiger partial charge in [0.1, 0.15) is 6.61 Å². The van der Waals surface area contributed by atoms with Crippen LogP contribution in [0.25, 0.3) is 0 Å². The van der Waals surface area contributed by atoms with Gasteiger partial charge in [-0.1, -0.05) is 11.6 Å². The summed E-state index contributed by atoms with van der Waals surface area (Å²) in [7, 11) is 1.44. The van der Waals surface area contributed by atoms with Gasteiger partial charge >= 0.3 is 11.9 Å². The predicted molar refractivity (Wildman–Crippen MR) is 94.1 cm³/mol. The number of hydrogen-bond donors (Lipinski definition) is 0. The number of ether oxygens (including phenoxy) is 3. The molecule has 1 aliphatic rings. The van der Waals surface area contributed by atoms with Crippen molar-refractivity contribution < 1.29 is 28.6 Å². The van der Waals surface area contributed by atoms with Crippen LogP contribution in [-0.2, 0) is 14.3 Å². The fraction of sp³-hybridized carbons (Fsp3) is 0.421. The molecule has 0 N–H and O–H groups in total. The van der Waals surface area contributed by atoms with E-state index in [1.54, 1.807) is 11.0 Å². The van der Waals surface area contributed by atoms with Crippen LogP contribution >= 0.6 is 0 Å². The molecule has 0 bridgehead atoms. The van der Waals surface area contributed by atoms with Crippen molar-refractivity contribution in [3.05, 3.63) is 35.4 Å². The van der Waals surface area contributed by atoms with E-state index in [1.807, 2.05) is 13.0 Å². The molecule has 26 heavy (non-hydrogen) atoms. The SMILES string of the molecule is C/C=C1\CC(COC(C)=O)N(C(=O)c2ccc(OC(C)=O)c(OC)c2)C1. The highest BCUT2D eigenvalue weighted by molar-refractivity contribution is 5.95. The molecule has 0 aromatic heterocycles. The highest BCUT2D eigenvalue weighted by Gasteiger charge is 2.33. The van der Waals surface area contributed by atoms with Crippen molar-refractivity contribution in [1.29, 1.82) is 0 Å². The van der Waals surface area contributed by atoms with Gasteiger partial charge in [-0.15, -0.1) is 0 Å². The number of methoxy groups -OCH3 is 1. The molecule has 1 aromatic rings. The van der Waals surface area contributed by atoms with Crippen LogP contribution in [0.15, 0.2) is 29.8 Å². The number of hydrogen-bond acceptors (Lipinski definition) is 6. The van der Waals surface area contributed by atoms with Gasteiger partial charge < -0.3 is 19.1 Å². The lowest BCUT2D eigenvalue weighted by molar-refractivity contribution is -0.142. The van der Waals surface area contributed by atoms with Gasteiger partial charge in [0.15, 0.2) is 11.5 Å². The molecule has 0 radical (unpaired) electrons. The summed E-state index contributed by atoms with van der Waals surface area (Å²) in [5.74, 6) is -0.497. The molecule has 0 saturated carbocycles. The molecule has 1 heterocycles. The number of carbonyl (C=O) groups is 3. The van der Waals surface area contributed by atoms with Crippen LogP contribution in [0.1, 0.15) is 37.6 Å². The number of esters is 2. The summed E-state index contributed by atoms with van der Waals surface area (Å²) in [6.45, 7) is 5.19. The number of benzene rings is 1. The molecule has 7 heteroatoms. The minimum absolute atomic E-state index is 0.154. The second kappa shape index (κ2) is 8.51. The van der Waals surface area contributed by atoms with E-state index >= 15 is 0 Å². The Labute approximate surface area is 152 Å². The Balaban J connectivity index is 2.24. The normalized spacial score (nSPS) is 17.9. The van der Waals surface area contributed by atoms with Gasteiger partial charge in [-0.2, -0.15) is 0 Å². The Morgan fingerprint density at radius 2 is 1.92 bits per heavy atom. The molecule has 7 nitrogen and oxygen atoms in total. The van der Waals surface area contributed by atoms with E-state index in [2.05, 4.69) is 0 Å². The quantitative estimate of drug-likeness (QED) is 0.455. The third kappa shape index (κ3) is 4.62. The first-order valence-corrected chi connectivity index (χ1v) is 8.30. The molecule has 1 unspecified atom stereocenters. The van der Waals surface area contributed by atoms with Crippen LogP contribution in [0.2, 0.25) is 0 Å². The fourth-order valence-corrected chi connectivity index (χ4v) is 2.84. The van der Waals surface area contributed by atoms with E-state index in [1.165, 1.54) is 33.1 Å². The minimum Gasteiger partial charge on any atom is -0.493 e. The zero-order valence-electron chi connectivity index (χ0n) is 15.4. The van der Waals surface area contributed by atoms with Gasteiger partial charge in [0.2, 0.25) is 0 Å². The first-order valence-electron chi connectivity index (χ1n) is 8.30. The van der Waals surface area contributed by atoms with Crippen molar-refractivity contribution in [3.8, 4) is 11.5 Å². The first-order chi connectivity index (χ1) is 12.3. The summed E-state index contributed by atoms with van der Waals surface area (Å²) in [6, 6.07) is 4.44. The van der Waals surface area contributed by atoms with Crippen molar-refractivity contribution >= 4 is 17.8 Å². The highest BCUT2D eigenvalue weighted by atomic mass is 16.6. The number of nitrogens with zero attached hydrogens (tertiary/aromatic N) is 1. The Morgan fingerprint density at radius 1 is 1.19 bits per heavy atom. The van der Waals surface area contributed by atoms with Crippen LogP contribution in [0.3, 0.4) is 0 Å². The van der Waals surface area contributed by atoms with Crippen molar-refractivity contribution in [2.24, 2.45) is 0 Å². The maximum atomic E-state index is 13.0.